The molecule has 2 N–H and O–H groups in total. The van der Waals surface area contributed by atoms with E-state index in [4.69, 9.17) is 0 Å². The summed E-state index contributed by atoms with van der Waals surface area (Å²) in [6.45, 7) is 0. The molecule has 0 amide bonds. The molecule has 2 aromatic heterocycles. The third kappa shape index (κ3) is 2.21. The summed E-state index contributed by atoms with van der Waals surface area (Å²) in [6, 6.07) is 7.73. The number of para-hydroxylation sites is 1. The Hall–Kier alpha value is -3.22. The number of imidazole rings is 1. The van der Waals surface area contributed by atoms with Crippen LogP contribution in [0.5, 0.6) is 5.75 Å². The number of phenolic OH excluding ortho intramolecular Hbond substituents is 1. The van der Waals surface area contributed by atoms with Gasteiger partial charge >= 0.3 is 5.97 Å². The van der Waals surface area contributed by atoms with Crippen molar-refractivity contribution in [3.63, 3.8) is 0 Å². The molecule has 0 spiro atoms. The van der Waals surface area contributed by atoms with E-state index >= 15 is 0 Å². The molecule has 1 fully saturated rings. The van der Waals surface area contributed by atoms with Gasteiger partial charge in [-0.05, 0) is 31.0 Å². The molecule has 0 atom stereocenters. The lowest BCUT2D eigenvalue weighted by molar-refractivity contribution is 0.0686. The van der Waals surface area contributed by atoms with E-state index in [9.17, 15) is 19.8 Å². The van der Waals surface area contributed by atoms with Crippen molar-refractivity contribution in [3.05, 3.63) is 53.5 Å². The van der Waals surface area contributed by atoms with E-state index in [0.29, 0.717) is 17.2 Å². The van der Waals surface area contributed by atoms with E-state index in [-0.39, 0.29) is 22.6 Å². The third-order valence-corrected chi connectivity index (χ3v) is 4.08. The van der Waals surface area contributed by atoms with Gasteiger partial charge in [0.05, 0.1) is 17.5 Å². The highest BCUT2D eigenvalue weighted by atomic mass is 16.4. The Morgan fingerprint density at radius 2 is 1.92 bits per heavy atom. The average molecular weight is 323 g/mol. The van der Waals surface area contributed by atoms with E-state index < -0.39 is 11.8 Å². The van der Waals surface area contributed by atoms with E-state index in [1.165, 1.54) is 18.2 Å². The fourth-order valence-corrected chi connectivity index (χ4v) is 2.72. The molecule has 1 aliphatic rings. The van der Waals surface area contributed by atoms with Crippen LogP contribution >= 0.6 is 0 Å². The minimum Gasteiger partial charge on any atom is -0.507 e. The number of fused-ring (bicyclic) bond motifs is 1. The first-order chi connectivity index (χ1) is 11.6. The molecule has 0 bridgehead atoms. The highest BCUT2D eigenvalue weighted by molar-refractivity contribution is 6.16. The molecule has 2 heterocycles. The fourth-order valence-electron chi connectivity index (χ4n) is 2.72. The number of hydrogen-bond donors (Lipinski definition) is 2. The van der Waals surface area contributed by atoms with Crippen LogP contribution in [0.1, 0.15) is 45.3 Å². The second-order valence-electron chi connectivity index (χ2n) is 5.76. The number of pyridine rings is 1. The van der Waals surface area contributed by atoms with Crippen LogP contribution in [0.3, 0.4) is 0 Å². The predicted octanol–water partition coefficient (Wildman–Crippen LogP) is 2.40. The molecular weight excluding hydrogens is 310 g/mol. The van der Waals surface area contributed by atoms with Crippen molar-refractivity contribution in [1.82, 2.24) is 14.5 Å². The Morgan fingerprint density at radius 1 is 1.17 bits per heavy atom. The van der Waals surface area contributed by atoms with Gasteiger partial charge in [0.15, 0.2) is 17.1 Å². The third-order valence-electron chi connectivity index (χ3n) is 4.08. The second-order valence-corrected chi connectivity index (χ2v) is 5.76. The largest absolute Gasteiger partial charge is 0.507 e. The van der Waals surface area contributed by atoms with Crippen LogP contribution < -0.4 is 0 Å². The molecule has 7 nitrogen and oxygen atoms in total. The number of phenols is 1. The Labute approximate surface area is 136 Å². The number of carboxylic acids is 1. The molecule has 0 radical (unpaired) electrons. The molecule has 0 unspecified atom stereocenters. The highest BCUT2D eigenvalue weighted by Gasteiger charge is 2.28. The summed E-state index contributed by atoms with van der Waals surface area (Å²) in [6.07, 6.45) is 3.64. The fraction of sp³-hybridized carbons (Fsp3) is 0.176. The lowest BCUT2D eigenvalue weighted by Crippen LogP contribution is -2.13. The molecule has 120 valence electrons. The van der Waals surface area contributed by atoms with Gasteiger partial charge < -0.3 is 14.8 Å². The summed E-state index contributed by atoms with van der Waals surface area (Å²) in [5.74, 6) is -2.09. The zero-order valence-corrected chi connectivity index (χ0v) is 12.5. The maximum absolute atomic E-state index is 12.7. The molecule has 4 rings (SSSR count). The quantitative estimate of drug-likeness (QED) is 0.714. The summed E-state index contributed by atoms with van der Waals surface area (Å²) < 4.78 is 1.84. The zero-order chi connectivity index (χ0) is 16.8. The topological polar surface area (TPSA) is 105 Å². The van der Waals surface area contributed by atoms with Gasteiger partial charge in [0.1, 0.15) is 11.3 Å². The number of carboxylic acid groups (broad SMARTS) is 1. The maximum atomic E-state index is 12.7. The standard InChI is InChI=1S/C17H13N3O4/c21-13-4-2-1-3-10(13)15(22)11-7-12-16(19-14(11)17(23)24)20(8-18-12)9-5-6-9/h1-4,7-9,21H,5-6H2,(H,23,24). The van der Waals surface area contributed by atoms with Crippen LogP contribution in [0.25, 0.3) is 11.2 Å². The van der Waals surface area contributed by atoms with Crippen LogP contribution in [0.15, 0.2) is 36.7 Å². The van der Waals surface area contributed by atoms with Gasteiger partial charge in [-0.25, -0.2) is 14.8 Å². The van der Waals surface area contributed by atoms with Gasteiger partial charge in [-0.15, -0.1) is 0 Å². The van der Waals surface area contributed by atoms with Crippen LogP contribution in [0.4, 0.5) is 0 Å². The molecular formula is C17H13N3O4. The summed E-state index contributed by atoms with van der Waals surface area (Å²) >= 11 is 0. The van der Waals surface area contributed by atoms with Crippen molar-refractivity contribution in [3.8, 4) is 5.75 Å². The number of carbonyl (C=O) groups is 2. The minimum atomic E-state index is -1.29. The number of benzene rings is 1. The lowest BCUT2D eigenvalue weighted by Gasteiger charge is -2.08. The van der Waals surface area contributed by atoms with Gasteiger partial charge in [0.25, 0.3) is 0 Å². The smallest absolute Gasteiger partial charge is 0.355 e. The Balaban J connectivity index is 1.91. The van der Waals surface area contributed by atoms with E-state index in [2.05, 4.69) is 9.97 Å². The van der Waals surface area contributed by atoms with Crippen LogP contribution in [-0.2, 0) is 0 Å². The highest BCUT2D eigenvalue weighted by Crippen LogP contribution is 2.37. The number of ketones is 1. The number of aromatic carboxylic acids is 1. The first kappa shape index (κ1) is 14.4. The van der Waals surface area contributed by atoms with Crippen molar-refractivity contribution < 1.29 is 19.8 Å². The maximum Gasteiger partial charge on any atom is 0.355 e. The molecule has 24 heavy (non-hydrogen) atoms. The summed E-state index contributed by atoms with van der Waals surface area (Å²) in [5.41, 5.74) is 0.535. The van der Waals surface area contributed by atoms with E-state index in [1.54, 1.807) is 18.5 Å². The van der Waals surface area contributed by atoms with Crippen LogP contribution in [-0.4, -0.2) is 36.5 Å². The number of aromatic hydroxyl groups is 1. The van der Waals surface area contributed by atoms with Crippen molar-refractivity contribution in [2.75, 3.05) is 0 Å². The van der Waals surface area contributed by atoms with Crippen LogP contribution in [0.2, 0.25) is 0 Å². The Bertz CT molecular complexity index is 989. The molecule has 0 aliphatic heterocycles. The van der Waals surface area contributed by atoms with Gasteiger partial charge in [-0.2, -0.15) is 0 Å². The van der Waals surface area contributed by atoms with Crippen molar-refractivity contribution in [2.24, 2.45) is 0 Å². The molecule has 1 saturated carbocycles. The number of nitrogens with zero attached hydrogens (tertiary/aromatic N) is 3. The number of aromatic nitrogens is 3. The molecule has 7 heteroatoms. The summed E-state index contributed by atoms with van der Waals surface area (Å²) in [5, 5.41) is 19.3. The van der Waals surface area contributed by atoms with E-state index in [1.807, 2.05) is 4.57 Å². The van der Waals surface area contributed by atoms with Gasteiger partial charge in [-0.3, -0.25) is 4.79 Å². The summed E-state index contributed by atoms with van der Waals surface area (Å²) in [7, 11) is 0. The minimum absolute atomic E-state index is 0.0303. The van der Waals surface area contributed by atoms with Crippen LogP contribution in [0, 0.1) is 0 Å². The first-order valence-electron chi connectivity index (χ1n) is 7.50. The van der Waals surface area contributed by atoms with Crippen molar-refractivity contribution >= 4 is 22.9 Å². The molecule has 1 aromatic carbocycles. The molecule has 3 aromatic rings. The monoisotopic (exact) mass is 323 g/mol. The van der Waals surface area contributed by atoms with Gasteiger partial charge in [0.2, 0.25) is 0 Å². The number of rotatable bonds is 4. The SMILES string of the molecule is O=C(c1ccccc1O)c1cc2ncn(C3CC3)c2nc1C(=O)O. The predicted molar refractivity (Wildman–Crippen MR) is 84.3 cm³/mol. The number of carbonyl (C=O) groups excluding carboxylic acids is 1. The Morgan fingerprint density at radius 3 is 2.58 bits per heavy atom. The van der Waals surface area contributed by atoms with Crippen molar-refractivity contribution in [1.29, 1.82) is 0 Å². The second kappa shape index (κ2) is 5.16. The summed E-state index contributed by atoms with van der Waals surface area (Å²) in [4.78, 5) is 32.7. The van der Waals surface area contributed by atoms with E-state index in [0.717, 1.165) is 12.8 Å². The van der Waals surface area contributed by atoms with Gasteiger partial charge in [0, 0.05) is 6.04 Å². The first-order valence-corrected chi connectivity index (χ1v) is 7.50. The van der Waals surface area contributed by atoms with Gasteiger partial charge in [-0.1, -0.05) is 12.1 Å². The average Bonchev–Trinajstić information content (AvgIpc) is 3.33. The molecule has 0 saturated heterocycles. The normalized spacial score (nSPS) is 14.0. The molecule has 1 aliphatic carbocycles. The lowest BCUT2D eigenvalue weighted by atomic mass is 10.0. The van der Waals surface area contributed by atoms with Crippen molar-refractivity contribution in [2.45, 2.75) is 18.9 Å². The zero-order valence-electron chi connectivity index (χ0n) is 12.5. The number of hydrogen-bond acceptors (Lipinski definition) is 5. The Kier molecular flexibility index (Phi) is 3.09.